The second-order valence-corrected chi connectivity index (χ2v) is 6.42. The van der Waals surface area contributed by atoms with Crippen molar-refractivity contribution in [3.63, 3.8) is 0 Å². The van der Waals surface area contributed by atoms with Crippen LogP contribution in [0.2, 0.25) is 5.02 Å². The van der Waals surface area contributed by atoms with E-state index in [1.165, 1.54) is 23.5 Å². The van der Waals surface area contributed by atoms with Gasteiger partial charge in [-0.1, -0.05) is 53.7 Å². The summed E-state index contributed by atoms with van der Waals surface area (Å²) in [6.07, 6.45) is 1.47. The van der Waals surface area contributed by atoms with Crippen molar-refractivity contribution >= 4 is 34.7 Å². The van der Waals surface area contributed by atoms with Gasteiger partial charge >= 0.3 is 0 Å². The number of thioether (sulfide) groups is 1. The molecule has 0 aliphatic heterocycles. The third-order valence-corrected chi connectivity index (χ3v) is 4.55. The molecule has 6 heteroatoms. The number of hydrogen-bond acceptors (Lipinski definition) is 4. The predicted molar refractivity (Wildman–Crippen MR) is 99.5 cm³/mol. The average molecular weight is 348 g/mol. The van der Waals surface area contributed by atoms with Gasteiger partial charge in [-0.25, -0.2) is 0 Å². The summed E-state index contributed by atoms with van der Waals surface area (Å²) in [5, 5.41) is 18.9. The van der Waals surface area contributed by atoms with Crippen molar-refractivity contribution in [2.45, 2.75) is 19.6 Å². The van der Waals surface area contributed by atoms with E-state index >= 15 is 0 Å². The Hall–Kier alpha value is -1.98. The molecule has 0 atom stereocenters. The second-order valence-electron chi connectivity index (χ2n) is 5.02. The number of halogens is 1. The van der Waals surface area contributed by atoms with Crippen molar-refractivity contribution in [1.29, 1.82) is 0 Å². The van der Waals surface area contributed by atoms with E-state index in [0.29, 0.717) is 21.3 Å². The van der Waals surface area contributed by atoms with E-state index in [0.717, 1.165) is 11.3 Å². The van der Waals surface area contributed by atoms with Gasteiger partial charge in [-0.3, -0.25) is 0 Å². The van der Waals surface area contributed by atoms with Gasteiger partial charge in [0.2, 0.25) is 0 Å². The van der Waals surface area contributed by atoms with Crippen molar-refractivity contribution in [3.8, 4) is 5.75 Å². The van der Waals surface area contributed by atoms with Crippen LogP contribution in [-0.4, -0.2) is 16.5 Å². The van der Waals surface area contributed by atoms with Gasteiger partial charge < -0.3 is 10.8 Å². The number of amidine groups is 1. The second kappa shape index (κ2) is 8.04. The van der Waals surface area contributed by atoms with Crippen LogP contribution in [0.4, 0.5) is 0 Å². The molecule has 0 bridgehead atoms. The summed E-state index contributed by atoms with van der Waals surface area (Å²) in [5.41, 5.74) is 9.00. The Morgan fingerprint density at radius 2 is 2.00 bits per heavy atom. The number of phenolic OH excluding ortho intramolecular Hbond substituents is 1. The van der Waals surface area contributed by atoms with Crippen molar-refractivity contribution < 1.29 is 5.11 Å². The fourth-order valence-corrected chi connectivity index (χ4v) is 2.82. The Kier molecular flexibility index (Phi) is 6.07. The molecular formula is C17H18ClN3OS. The van der Waals surface area contributed by atoms with Gasteiger partial charge in [0, 0.05) is 16.3 Å². The molecule has 0 heterocycles. The Balaban J connectivity index is 2.06. The molecule has 0 saturated heterocycles. The molecule has 0 aliphatic carbocycles. The predicted octanol–water partition coefficient (Wildman–Crippen LogP) is 4.24. The monoisotopic (exact) mass is 347 g/mol. The lowest BCUT2D eigenvalue weighted by Crippen LogP contribution is -2.06. The van der Waals surface area contributed by atoms with Gasteiger partial charge in [0.1, 0.15) is 5.75 Å². The standard InChI is InChI=1S/C17H18ClN3OS/c1-11-8-15(18)12(2)14(16(11)22)9-20-21-17(19)23-10-13-6-4-3-5-7-13/h3-9,22H,10H2,1-2H3,(H2,19,21). The highest BCUT2D eigenvalue weighted by atomic mass is 35.5. The summed E-state index contributed by atoms with van der Waals surface area (Å²) >= 11 is 7.52. The summed E-state index contributed by atoms with van der Waals surface area (Å²) in [6, 6.07) is 11.7. The van der Waals surface area contributed by atoms with E-state index in [-0.39, 0.29) is 5.75 Å². The molecule has 0 amide bonds. The number of nitrogens with zero attached hydrogens (tertiary/aromatic N) is 2. The number of nitrogens with two attached hydrogens (primary N) is 1. The summed E-state index contributed by atoms with van der Waals surface area (Å²) in [4.78, 5) is 0. The summed E-state index contributed by atoms with van der Waals surface area (Å²) < 4.78 is 0. The Morgan fingerprint density at radius 3 is 2.70 bits per heavy atom. The van der Waals surface area contributed by atoms with Crippen LogP contribution in [0, 0.1) is 13.8 Å². The molecule has 0 saturated carbocycles. The Labute approximate surface area is 145 Å². The van der Waals surface area contributed by atoms with Crippen LogP contribution in [0.25, 0.3) is 0 Å². The molecule has 0 radical (unpaired) electrons. The smallest absolute Gasteiger partial charge is 0.180 e. The first-order chi connectivity index (χ1) is 11.0. The third-order valence-electron chi connectivity index (χ3n) is 3.31. The maximum absolute atomic E-state index is 10.1. The zero-order valence-corrected chi connectivity index (χ0v) is 14.5. The molecular weight excluding hydrogens is 330 g/mol. The summed E-state index contributed by atoms with van der Waals surface area (Å²) in [5.74, 6) is 0.882. The van der Waals surface area contributed by atoms with E-state index in [1.807, 2.05) is 37.3 Å². The van der Waals surface area contributed by atoms with E-state index in [1.54, 1.807) is 13.0 Å². The van der Waals surface area contributed by atoms with E-state index in [9.17, 15) is 5.11 Å². The van der Waals surface area contributed by atoms with Crippen LogP contribution >= 0.6 is 23.4 Å². The van der Waals surface area contributed by atoms with Crippen LogP contribution < -0.4 is 5.73 Å². The van der Waals surface area contributed by atoms with Crippen LogP contribution in [0.1, 0.15) is 22.3 Å². The van der Waals surface area contributed by atoms with Gasteiger partial charge in [-0.2, -0.15) is 5.10 Å². The van der Waals surface area contributed by atoms with Gasteiger partial charge in [0.05, 0.1) is 6.21 Å². The van der Waals surface area contributed by atoms with Crippen molar-refractivity contribution in [2.75, 3.05) is 0 Å². The molecule has 0 unspecified atom stereocenters. The van der Waals surface area contributed by atoms with Crippen molar-refractivity contribution in [1.82, 2.24) is 0 Å². The number of phenols is 1. The maximum Gasteiger partial charge on any atom is 0.180 e. The highest BCUT2D eigenvalue weighted by Gasteiger charge is 2.09. The molecule has 2 aromatic carbocycles. The minimum absolute atomic E-state index is 0.154. The van der Waals surface area contributed by atoms with Crippen LogP contribution in [-0.2, 0) is 5.75 Å². The molecule has 23 heavy (non-hydrogen) atoms. The first-order valence-electron chi connectivity index (χ1n) is 7.01. The fraction of sp³-hybridized carbons (Fsp3) is 0.176. The lowest BCUT2D eigenvalue weighted by molar-refractivity contribution is 0.470. The highest BCUT2D eigenvalue weighted by molar-refractivity contribution is 8.13. The third kappa shape index (κ3) is 4.74. The maximum atomic E-state index is 10.1. The molecule has 0 fully saturated rings. The van der Waals surface area contributed by atoms with Crippen LogP contribution in [0.15, 0.2) is 46.6 Å². The normalized spacial score (nSPS) is 12.0. The Bertz CT molecular complexity index is 719. The number of aromatic hydroxyl groups is 1. The molecule has 120 valence electrons. The van der Waals surface area contributed by atoms with Crippen molar-refractivity contribution in [2.24, 2.45) is 15.9 Å². The van der Waals surface area contributed by atoms with Crippen molar-refractivity contribution in [3.05, 3.63) is 63.7 Å². The lowest BCUT2D eigenvalue weighted by Gasteiger charge is -2.08. The molecule has 2 rings (SSSR count). The molecule has 4 nitrogen and oxygen atoms in total. The van der Waals surface area contributed by atoms with Crippen LogP contribution in [0.3, 0.4) is 0 Å². The van der Waals surface area contributed by atoms with E-state index < -0.39 is 0 Å². The average Bonchev–Trinajstić information content (AvgIpc) is 2.55. The quantitative estimate of drug-likeness (QED) is 0.493. The molecule has 0 aromatic heterocycles. The summed E-state index contributed by atoms with van der Waals surface area (Å²) in [6.45, 7) is 3.60. The number of rotatable bonds is 4. The molecule has 3 N–H and O–H groups in total. The number of hydrogen-bond donors (Lipinski definition) is 2. The molecule has 0 spiro atoms. The first kappa shape index (κ1) is 17.4. The van der Waals surface area contributed by atoms with E-state index in [2.05, 4.69) is 10.2 Å². The highest BCUT2D eigenvalue weighted by Crippen LogP contribution is 2.29. The number of aryl methyl sites for hydroxylation is 1. The zero-order chi connectivity index (χ0) is 16.8. The lowest BCUT2D eigenvalue weighted by atomic mass is 10.0. The van der Waals surface area contributed by atoms with Gasteiger partial charge in [0.25, 0.3) is 0 Å². The SMILES string of the molecule is Cc1cc(Cl)c(C)c(C=NN=C(N)SCc2ccccc2)c1O. The zero-order valence-electron chi connectivity index (χ0n) is 13.0. The van der Waals surface area contributed by atoms with Crippen LogP contribution in [0.5, 0.6) is 5.75 Å². The minimum atomic E-state index is 0.154. The first-order valence-corrected chi connectivity index (χ1v) is 8.37. The fourth-order valence-electron chi connectivity index (χ4n) is 1.95. The number of benzene rings is 2. The topological polar surface area (TPSA) is 71.0 Å². The minimum Gasteiger partial charge on any atom is -0.507 e. The van der Waals surface area contributed by atoms with Gasteiger partial charge in [-0.15, -0.1) is 5.10 Å². The van der Waals surface area contributed by atoms with Gasteiger partial charge in [-0.05, 0) is 36.6 Å². The molecule has 0 aliphatic rings. The van der Waals surface area contributed by atoms with E-state index in [4.69, 9.17) is 17.3 Å². The Morgan fingerprint density at radius 1 is 1.30 bits per heavy atom. The largest absolute Gasteiger partial charge is 0.507 e. The molecule has 2 aromatic rings. The van der Waals surface area contributed by atoms with Gasteiger partial charge in [0.15, 0.2) is 5.17 Å². The summed E-state index contributed by atoms with van der Waals surface area (Å²) in [7, 11) is 0.